The number of amides is 1. The first-order chi connectivity index (χ1) is 13.4. The molecule has 2 aromatic carbocycles. The molecule has 28 heavy (non-hydrogen) atoms. The minimum Gasteiger partial charge on any atom is -0.508 e. The first-order valence-corrected chi connectivity index (χ1v) is 9.88. The van der Waals surface area contributed by atoms with Crippen LogP contribution < -0.4 is 5.73 Å². The molecule has 0 fully saturated rings. The van der Waals surface area contributed by atoms with Crippen LogP contribution in [-0.2, 0) is 23.1 Å². The Hall–Kier alpha value is -3.23. The summed E-state index contributed by atoms with van der Waals surface area (Å²) in [5.41, 5.74) is 6.89. The highest BCUT2D eigenvalue weighted by Crippen LogP contribution is 2.22. The van der Waals surface area contributed by atoms with Crippen LogP contribution >= 0.6 is 0 Å². The number of hydrogen-bond acceptors (Lipinski definition) is 5. The molecule has 8 heteroatoms. The molecule has 1 aromatic heterocycles. The van der Waals surface area contributed by atoms with Crippen LogP contribution in [0.5, 0.6) is 5.75 Å². The lowest BCUT2D eigenvalue weighted by Crippen LogP contribution is -2.30. The first kappa shape index (κ1) is 19.5. The summed E-state index contributed by atoms with van der Waals surface area (Å²) in [6.45, 7) is 0.153. The van der Waals surface area contributed by atoms with Gasteiger partial charge in [-0.15, -0.1) is 0 Å². The molecule has 3 aromatic rings. The van der Waals surface area contributed by atoms with Crippen LogP contribution in [0.15, 0.2) is 77.8 Å². The molecule has 0 saturated heterocycles. The summed E-state index contributed by atoms with van der Waals surface area (Å²) in [5, 5.41) is 9.45. The van der Waals surface area contributed by atoms with Crippen LogP contribution in [0.2, 0.25) is 0 Å². The van der Waals surface area contributed by atoms with E-state index in [1.54, 1.807) is 48.7 Å². The van der Waals surface area contributed by atoms with Crippen LogP contribution in [0.3, 0.4) is 0 Å². The van der Waals surface area contributed by atoms with E-state index in [4.69, 9.17) is 5.73 Å². The van der Waals surface area contributed by atoms with E-state index in [1.165, 1.54) is 28.6 Å². The van der Waals surface area contributed by atoms with Gasteiger partial charge in [0.1, 0.15) is 5.75 Å². The van der Waals surface area contributed by atoms with Crippen molar-refractivity contribution in [3.8, 4) is 5.75 Å². The van der Waals surface area contributed by atoms with Crippen LogP contribution in [0, 0.1) is 0 Å². The largest absolute Gasteiger partial charge is 0.508 e. The summed E-state index contributed by atoms with van der Waals surface area (Å²) in [4.78, 5) is 15.5. The third-order valence-corrected chi connectivity index (χ3v) is 5.94. The summed E-state index contributed by atoms with van der Waals surface area (Å²) in [6, 6.07) is 17.1. The maximum atomic E-state index is 13.2. The van der Waals surface area contributed by atoms with E-state index >= 15 is 0 Å². The Bertz CT molecular complexity index is 1050. The number of benzene rings is 2. The van der Waals surface area contributed by atoms with Gasteiger partial charge in [-0.1, -0.05) is 18.2 Å². The molecule has 0 aliphatic rings. The minimum atomic E-state index is -3.85. The topological polar surface area (TPSA) is 114 Å². The van der Waals surface area contributed by atoms with Crippen molar-refractivity contribution in [2.75, 3.05) is 0 Å². The van der Waals surface area contributed by atoms with Gasteiger partial charge in [0.2, 0.25) is 15.9 Å². The van der Waals surface area contributed by atoms with Gasteiger partial charge in [0.15, 0.2) is 0 Å². The van der Waals surface area contributed by atoms with E-state index in [0.29, 0.717) is 16.8 Å². The van der Waals surface area contributed by atoms with Crippen LogP contribution in [0.1, 0.15) is 21.6 Å². The van der Waals surface area contributed by atoms with Gasteiger partial charge in [-0.25, -0.2) is 8.42 Å². The highest BCUT2D eigenvalue weighted by atomic mass is 32.2. The van der Waals surface area contributed by atoms with Gasteiger partial charge in [0, 0.05) is 18.3 Å². The van der Waals surface area contributed by atoms with Gasteiger partial charge in [-0.3, -0.25) is 9.78 Å². The lowest BCUT2D eigenvalue weighted by Gasteiger charge is -2.22. The van der Waals surface area contributed by atoms with Crippen LogP contribution in [0.4, 0.5) is 0 Å². The third kappa shape index (κ3) is 4.54. The van der Waals surface area contributed by atoms with Crippen molar-refractivity contribution < 1.29 is 18.3 Å². The van der Waals surface area contributed by atoms with Crippen LogP contribution in [0.25, 0.3) is 0 Å². The molecule has 144 valence electrons. The molecule has 7 nitrogen and oxygen atoms in total. The molecule has 0 aliphatic carbocycles. The fourth-order valence-electron chi connectivity index (χ4n) is 2.64. The third-order valence-electron chi connectivity index (χ3n) is 4.14. The maximum absolute atomic E-state index is 13.2. The van der Waals surface area contributed by atoms with Gasteiger partial charge < -0.3 is 10.8 Å². The molecule has 0 atom stereocenters. The molecule has 0 spiro atoms. The van der Waals surface area contributed by atoms with Gasteiger partial charge >= 0.3 is 0 Å². The number of rotatable bonds is 7. The van der Waals surface area contributed by atoms with Gasteiger partial charge in [0.25, 0.3) is 0 Å². The summed E-state index contributed by atoms with van der Waals surface area (Å²) in [6.07, 6.45) is 1.60. The fraction of sp³-hybridized carbons (Fsp3) is 0.100. The normalized spacial score (nSPS) is 11.5. The highest BCUT2D eigenvalue weighted by molar-refractivity contribution is 7.89. The number of hydrogen-bond donors (Lipinski definition) is 2. The number of nitrogens with two attached hydrogens (primary N) is 1. The summed E-state index contributed by atoms with van der Waals surface area (Å²) >= 11 is 0. The summed E-state index contributed by atoms with van der Waals surface area (Å²) < 4.78 is 27.6. The van der Waals surface area contributed by atoms with Gasteiger partial charge in [-0.2, -0.15) is 4.31 Å². The maximum Gasteiger partial charge on any atom is 0.248 e. The van der Waals surface area contributed by atoms with Crippen molar-refractivity contribution in [3.05, 3.63) is 89.7 Å². The van der Waals surface area contributed by atoms with Crippen molar-refractivity contribution >= 4 is 15.9 Å². The van der Waals surface area contributed by atoms with E-state index in [-0.39, 0.29) is 23.7 Å². The second-order valence-corrected chi connectivity index (χ2v) is 8.09. The molecule has 0 aliphatic heterocycles. The Morgan fingerprint density at radius 3 is 2.21 bits per heavy atom. The van der Waals surface area contributed by atoms with E-state index in [1.807, 2.05) is 0 Å². The lowest BCUT2D eigenvalue weighted by molar-refractivity contribution is 0.1000. The van der Waals surface area contributed by atoms with Crippen molar-refractivity contribution in [3.63, 3.8) is 0 Å². The Labute approximate surface area is 163 Å². The predicted molar refractivity (Wildman–Crippen MR) is 104 cm³/mol. The molecule has 3 N–H and O–H groups in total. The van der Waals surface area contributed by atoms with Crippen molar-refractivity contribution in [1.82, 2.24) is 9.29 Å². The summed E-state index contributed by atoms with van der Waals surface area (Å²) in [7, 11) is -3.85. The number of carbonyl (C=O) groups is 1. The summed E-state index contributed by atoms with van der Waals surface area (Å²) in [5.74, 6) is -0.564. The number of sulfonamides is 1. The number of aromatic nitrogens is 1. The van der Waals surface area contributed by atoms with Gasteiger partial charge in [-0.05, 0) is 54.1 Å². The smallest absolute Gasteiger partial charge is 0.248 e. The Morgan fingerprint density at radius 2 is 1.64 bits per heavy atom. The van der Waals surface area contributed by atoms with E-state index in [0.717, 1.165) is 0 Å². The number of carbonyl (C=O) groups excluding carboxylic acids is 1. The zero-order valence-corrected chi connectivity index (χ0v) is 15.7. The SMILES string of the molecule is NC(=O)c1ccc(CN(Cc2ccccn2)S(=O)(=O)c2ccc(O)cc2)cc1. The molecular formula is C20H19N3O4S. The molecule has 0 radical (unpaired) electrons. The molecule has 1 heterocycles. The van der Waals surface area contributed by atoms with Crippen molar-refractivity contribution in [1.29, 1.82) is 0 Å². The highest BCUT2D eigenvalue weighted by Gasteiger charge is 2.25. The van der Waals surface area contributed by atoms with Crippen molar-refractivity contribution in [2.24, 2.45) is 5.73 Å². The average molecular weight is 397 g/mol. The predicted octanol–water partition coefficient (Wildman–Crippen LogP) is 2.28. The molecule has 3 rings (SSSR count). The average Bonchev–Trinajstić information content (AvgIpc) is 2.69. The molecule has 1 amide bonds. The van der Waals surface area contributed by atoms with E-state index < -0.39 is 15.9 Å². The molecular weight excluding hydrogens is 378 g/mol. The number of aromatic hydroxyl groups is 1. The molecule has 0 unspecified atom stereocenters. The number of pyridine rings is 1. The number of phenolic OH excluding ortho intramolecular Hbond substituents is 1. The van der Waals surface area contributed by atoms with Crippen molar-refractivity contribution in [2.45, 2.75) is 18.0 Å². The first-order valence-electron chi connectivity index (χ1n) is 8.44. The number of nitrogens with zero attached hydrogens (tertiary/aromatic N) is 2. The van der Waals surface area contributed by atoms with Gasteiger partial charge in [0.05, 0.1) is 17.1 Å². The molecule has 0 saturated carbocycles. The number of phenols is 1. The van der Waals surface area contributed by atoms with E-state index in [2.05, 4.69) is 4.98 Å². The zero-order valence-electron chi connectivity index (χ0n) is 14.9. The lowest BCUT2D eigenvalue weighted by atomic mass is 10.1. The standard InChI is InChI=1S/C20H19N3O4S/c21-20(25)16-6-4-15(5-7-16)13-23(14-17-3-1-2-12-22-17)28(26,27)19-10-8-18(24)9-11-19/h1-12,24H,13-14H2,(H2,21,25). The number of primary amides is 1. The second kappa shape index (κ2) is 8.20. The Morgan fingerprint density at radius 1 is 0.964 bits per heavy atom. The second-order valence-electron chi connectivity index (χ2n) is 6.15. The Balaban J connectivity index is 1.94. The van der Waals surface area contributed by atoms with Crippen LogP contribution in [-0.4, -0.2) is 28.7 Å². The quantitative estimate of drug-likeness (QED) is 0.635. The fourth-order valence-corrected chi connectivity index (χ4v) is 4.04. The Kier molecular flexibility index (Phi) is 5.72. The minimum absolute atomic E-state index is 0.0164. The monoisotopic (exact) mass is 397 g/mol. The zero-order chi connectivity index (χ0) is 20.1. The molecule has 0 bridgehead atoms. The van der Waals surface area contributed by atoms with E-state index in [9.17, 15) is 18.3 Å².